The molecule has 1 aromatic carbocycles. The van der Waals surface area contributed by atoms with Gasteiger partial charge in [-0.05, 0) is 37.1 Å². The van der Waals surface area contributed by atoms with Crippen molar-refractivity contribution in [1.82, 2.24) is 10.3 Å². The van der Waals surface area contributed by atoms with Crippen molar-refractivity contribution >= 4 is 5.91 Å². The molecule has 2 N–H and O–H groups in total. The first-order valence-corrected chi connectivity index (χ1v) is 7.43. The lowest BCUT2D eigenvalue weighted by Crippen LogP contribution is -2.31. The highest BCUT2D eigenvalue weighted by molar-refractivity contribution is 5.94. The lowest BCUT2D eigenvalue weighted by Gasteiger charge is -2.09. The van der Waals surface area contributed by atoms with Gasteiger partial charge in [-0.25, -0.2) is 0 Å². The summed E-state index contributed by atoms with van der Waals surface area (Å²) < 4.78 is 38.2. The number of nitrogens with one attached hydrogen (secondary N) is 2. The Labute approximate surface area is 135 Å². The van der Waals surface area contributed by atoms with E-state index in [1.165, 1.54) is 12.1 Å². The van der Waals surface area contributed by atoms with Crippen LogP contribution in [-0.4, -0.2) is 16.9 Å². The molecule has 0 saturated heterocycles. The molecule has 126 valence electrons. The molecule has 0 radical (unpaired) electrons. The number of pyridine rings is 1. The Morgan fingerprint density at radius 3 is 2.67 bits per heavy atom. The van der Waals surface area contributed by atoms with Crippen molar-refractivity contribution in [3.05, 3.63) is 69.1 Å². The first-order chi connectivity index (χ1) is 11.3. The van der Waals surface area contributed by atoms with Gasteiger partial charge in [-0.2, -0.15) is 13.2 Å². The van der Waals surface area contributed by atoms with Crippen LogP contribution in [0.4, 0.5) is 13.2 Å². The molecule has 1 aromatic heterocycles. The van der Waals surface area contributed by atoms with Crippen LogP contribution in [-0.2, 0) is 6.18 Å². The molecule has 2 unspecified atom stereocenters. The molecule has 1 aliphatic rings. The summed E-state index contributed by atoms with van der Waals surface area (Å²) in [5, 5.41) is 2.70. The maximum Gasteiger partial charge on any atom is 0.416 e. The van der Waals surface area contributed by atoms with Crippen LogP contribution >= 0.6 is 0 Å². The van der Waals surface area contributed by atoms with Crippen LogP contribution in [0.25, 0.3) is 0 Å². The Morgan fingerprint density at radius 1 is 1.25 bits per heavy atom. The van der Waals surface area contributed by atoms with E-state index in [1.54, 1.807) is 19.1 Å². The summed E-state index contributed by atoms with van der Waals surface area (Å²) in [6.07, 6.45) is -3.84. The second-order valence-electron chi connectivity index (χ2n) is 5.93. The molecule has 7 heteroatoms. The first-order valence-electron chi connectivity index (χ1n) is 7.43. The highest BCUT2D eigenvalue weighted by atomic mass is 19.4. The zero-order valence-electron chi connectivity index (χ0n) is 12.8. The zero-order chi connectivity index (χ0) is 17.5. The molecular formula is C17H15F3N2O2. The largest absolute Gasteiger partial charge is 0.416 e. The molecule has 1 heterocycles. The fourth-order valence-electron chi connectivity index (χ4n) is 2.67. The number of hydrogen-bond donors (Lipinski definition) is 2. The molecule has 0 aliphatic heterocycles. The third-order valence-electron chi connectivity index (χ3n) is 4.05. The molecule has 0 spiro atoms. The van der Waals surface area contributed by atoms with Gasteiger partial charge in [0.1, 0.15) is 5.56 Å². The smallest absolute Gasteiger partial charge is 0.348 e. The van der Waals surface area contributed by atoms with E-state index in [0.717, 1.165) is 12.1 Å². The van der Waals surface area contributed by atoms with Crippen molar-refractivity contribution in [2.24, 2.45) is 0 Å². The van der Waals surface area contributed by atoms with E-state index in [4.69, 9.17) is 0 Å². The quantitative estimate of drug-likeness (QED) is 0.905. The SMILES string of the molecule is Cc1ccc(C(=O)NC2CC2c2cccc(C(F)(F)F)c2)c(=O)[nH]1. The number of aromatic amines is 1. The van der Waals surface area contributed by atoms with Crippen molar-refractivity contribution in [3.8, 4) is 0 Å². The van der Waals surface area contributed by atoms with Crippen LogP contribution in [0.2, 0.25) is 0 Å². The normalized spacial score (nSPS) is 19.8. The summed E-state index contributed by atoms with van der Waals surface area (Å²) in [5.74, 6) is -0.684. The fourth-order valence-corrected chi connectivity index (χ4v) is 2.67. The molecule has 1 aliphatic carbocycles. The molecule has 2 aromatic rings. The minimum atomic E-state index is -4.39. The number of rotatable bonds is 3. The Hall–Kier alpha value is -2.57. The summed E-state index contributed by atoms with van der Waals surface area (Å²) in [6.45, 7) is 1.70. The van der Waals surface area contributed by atoms with Crippen molar-refractivity contribution in [1.29, 1.82) is 0 Å². The molecule has 1 amide bonds. The Bertz CT molecular complexity index is 842. The second kappa shape index (κ2) is 5.81. The Morgan fingerprint density at radius 2 is 2.00 bits per heavy atom. The Balaban J connectivity index is 1.70. The molecule has 1 fully saturated rings. The number of aromatic nitrogens is 1. The number of amides is 1. The molecule has 0 bridgehead atoms. The van der Waals surface area contributed by atoms with Gasteiger partial charge in [0, 0.05) is 17.7 Å². The highest BCUT2D eigenvalue weighted by Crippen LogP contribution is 2.42. The number of H-pyrrole nitrogens is 1. The van der Waals surface area contributed by atoms with Gasteiger partial charge in [0.25, 0.3) is 11.5 Å². The van der Waals surface area contributed by atoms with Crippen LogP contribution in [0.1, 0.15) is 39.5 Å². The second-order valence-corrected chi connectivity index (χ2v) is 5.93. The standard InChI is InChI=1S/C17H15F3N2O2/c1-9-5-6-12(15(23)21-9)16(24)22-14-8-13(14)10-3-2-4-11(7-10)17(18,19)20/h2-7,13-14H,8H2,1H3,(H,21,23)(H,22,24). The number of aryl methyl sites for hydroxylation is 1. The lowest BCUT2D eigenvalue weighted by atomic mass is 10.1. The monoisotopic (exact) mass is 336 g/mol. The molecule has 24 heavy (non-hydrogen) atoms. The van der Waals surface area contributed by atoms with E-state index in [1.807, 2.05) is 0 Å². The summed E-state index contributed by atoms with van der Waals surface area (Å²) in [7, 11) is 0. The van der Waals surface area contributed by atoms with Crippen molar-refractivity contribution in [3.63, 3.8) is 0 Å². The Kier molecular flexibility index (Phi) is 3.95. The van der Waals surface area contributed by atoms with E-state index < -0.39 is 23.2 Å². The third-order valence-corrected chi connectivity index (χ3v) is 4.05. The van der Waals surface area contributed by atoms with Crippen molar-refractivity contribution in [2.45, 2.75) is 31.5 Å². The summed E-state index contributed by atoms with van der Waals surface area (Å²) >= 11 is 0. The van der Waals surface area contributed by atoms with Gasteiger partial charge in [-0.15, -0.1) is 0 Å². The molecular weight excluding hydrogens is 321 g/mol. The summed E-state index contributed by atoms with van der Waals surface area (Å²) in [5.41, 5.74) is -0.0104. The van der Waals surface area contributed by atoms with Gasteiger partial charge in [0.2, 0.25) is 0 Å². The average Bonchev–Trinajstić information content (AvgIpc) is 3.25. The zero-order valence-corrected chi connectivity index (χ0v) is 12.8. The fraction of sp³-hybridized carbons (Fsp3) is 0.294. The van der Waals surface area contributed by atoms with Crippen molar-refractivity contribution < 1.29 is 18.0 Å². The summed E-state index contributed by atoms with van der Waals surface area (Å²) in [6, 6.07) is 7.89. The first kappa shape index (κ1) is 16.3. The van der Waals surface area contributed by atoms with Crippen LogP contribution in [0.3, 0.4) is 0 Å². The van der Waals surface area contributed by atoms with Gasteiger partial charge < -0.3 is 10.3 Å². The predicted octanol–water partition coefficient (Wildman–Crippen LogP) is 2.99. The number of benzene rings is 1. The minimum Gasteiger partial charge on any atom is -0.348 e. The number of hydrogen-bond acceptors (Lipinski definition) is 2. The van der Waals surface area contributed by atoms with Crippen LogP contribution in [0.15, 0.2) is 41.2 Å². The lowest BCUT2D eigenvalue weighted by molar-refractivity contribution is -0.137. The van der Waals surface area contributed by atoms with E-state index in [-0.39, 0.29) is 17.5 Å². The van der Waals surface area contributed by atoms with Gasteiger partial charge in [-0.3, -0.25) is 9.59 Å². The van der Waals surface area contributed by atoms with Crippen LogP contribution in [0, 0.1) is 6.92 Å². The molecule has 1 saturated carbocycles. The van der Waals surface area contributed by atoms with Crippen LogP contribution < -0.4 is 10.9 Å². The van der Waals surface area contributed by atoms with Gasteiger partial charge in [-0.1, -0.05) is 18.2 Å². The highest BCUT2D eigenvalue weighted by Gasteiger charge is 2.41. The van der Waals surface area contributed by atoms with E-state index >= 15 is 0 Å². The minimum absolute atomic E-state index is 0.00436. The molecule has 2 atom stereocenters. The molecule has 4 nitrogen and oxygen atoms in total. The third kappa shape index (κ3) is 3.34. The van der Waals surface area contributed by atoms with Gasteiger partial charge in [0.05, 0.1) is 5.56 Å². The topological polar surface area (TPSA) is 62.0 Å². The molecule has 3 rings (SSSR count). The maximum absolute atomic E-state index is 12.7. The van der Waals surface area contributed by atoms with E-state index in [2.05, 4.69) is 10.3 Å². The predicted molar refractivity (Wildman–Crippen MR) is 81.9 cm³/mol. The van der Waals surface area contributed by atoms with E-state index in [0.29, 0.717) is 17.7 Å². The number of carbonyl (C=O) groups is 1. The maximum atomic E-state index is 12.7. The van der Waals surface area contributed by atoms with Crippen molar-refractivity contribution in [2.75, 3.05) is 0 Å². The number of alkyl halides is 3. The number of carbonyl (C=O) groups excluding carboxylic acids is 1. The van der Waals surface area contributed by atoms with E-state index in [9.17, 15) is 22.8 Å². The van der Waals surface area contributed by atoms with Crippen LogP contribution in [0.5, 0.6) is 0 Å². The van der Waals surface area contributed by atoms with Gasteiger partial charge in [0.15, 0.2) is 0 Å². The van der Waals surface area contributed by atoms with Gasteiger partial charge >= 0.3 is 6.18 Å². The summed E-state index contributed by atoms with van der Waals surface area (Å²) in [4.78, 5) is 26.4. The average molecular weight is 336 g/mol. The number of halogens is 3.